The fourth-order valence-corrected chi connectivity index (χ4v) is 2.23. The molecule has 3 atom stereocenters. The summed E-state index contributed by atoms with van der Waals surface area (Å²) < 4.78 is 5.61. The molecule has 3 unspecified atom stereocenters. The molecule has 0 aromatic carbocycles. The number of carbonyl (C=O) groups excluding carboxylic acids is 1. The predicted octanol–water partition coefficient (Wildman–Crippen LogP) is 3.54. The zero-order chi connectivity index (χ0) is 11.3. The SMILES string of the molecule is CCC(C)C(=O)OC1CCCCC1CC. The smallest absolute Gasteiger partial charge is 0.308 e. The van der Waals surface area contributed by atoms with Crippen molar-refractivity contribution in [3.05, 3.63) is 0 Å². The molecule has 2 heteroatoms. The largest absolute Gasteiger partial charge is 0.462 e. The van der Waals surface area contributed by atoms with Crippen molar-refractivity contribution < 1.29 is 9.53 Å². The first-order valence-electron chi connectivity index (χ1n) is 6.39. The summed E-state index contributed by atoms with van der Waals surface area (Å²) in [7, 11) is 0. The molecule has 0 aromatic rings. The average molecular weight is 212 g/mol. The van der Waals surface area contributed by atoms with Gasteiger partial charge in [0.1, 0.15) is 6.10 Å². The molecule has 1 rings (SSSR count). The van der Waals surface area contributed by atoms with Crippen LogP contribution < -0.4 is 0 Å². The Kier molecular flexibility index (Phi) is 5.13. The molecular formula is C13H24O2. The maximum Gasteiger partial charge on any atom is 0.308 e. The lowest BCUT2D eigenvalue weighted by atomic mass is 9.84. The van der Waals surface area contributed by atoms with Crippen LogP contribution in [-0.4, -0.2) is 12.1 Å². The van der Waals surface area contributed by atoms with Crippen LogP contribution >= 0.6 is 0 Å². The van der Waals surface area contributed by atoms with Gasteiger partial charge in [0, 0.05) is 0 Å². The minimum absolute atomic E-state index is 0.00264. The number of rotatable bonds is 4. The van der Waals surface area contributed by atoms with Crippen LogP contribution in [0.1, 0.15) is 59.3 Å². The summed E-state index contributed by atoms with van der Waals surface area (Å²) in [5, 5.41) is 0. The van der Waals surface area contributed by atoms with Crippen LogP contribution in [0, 0.1) is 11.8 Å². The standard InChI is InChI=1S/C13H24O2/c1-4-10(3)13(14)15-12-9-7-6-8-11(12)5-2/h10-12H,4-9H2,1-3H3. The summed E-state index contributed by atoms with van der Waals surface area (Å²) in [6, 6.07) is 0. The van der Waals surface area contributed by atoms with E-state index < -0.39 is 0 Å². The lowest BCUT2D eigenvalue weighted by molar-refractivity contribution is -0.158. The van der Waals surface area contributed by atoms with Gasteiger partial charge < -0.3 is 4.74 Å². The number of esters is 1. The van der Waals surface area contributed by atoms with Gasteiger partial charge in [-0.3, -0.25) is 4.79 Å². The Labute approximate surface area is 93.4 Å². The monoisotopic (exact) mass is 212 g/mol. The maximum atomic E-state index is 11.7. The topological polar surface area (TPSA) is 26.3 Å². The molecule has 0 aromatic heterocycles. The molecule has 0 spiro atoms. The van der Waals surface area contributed by atoms with Crippen LogP contribution in [0.4, 0.5) is 0 Å². The highest BCUT2D eigenvalue weighted by molar-refractivity contribution is 5.72. The van der Waals surface area contributed by atoms with E-state index in [0.717, 1.165) is 19.3 Å². The average Bonchev–Trinajstić information content (AvgIpc) is 2.28. The lowest BCUT2D eigenvalue weighted by Crippen LogP contribution is -2.31. The van der Waals surface area contributed by atoms with Crippen molar-refractivity contribution in [2.45, 2.75) is 65.4 Å². The molecule has 0 bridgehead atoms. The number of hydrogen-bond donors (Lipinski definition) is 0. The van der Waals surface area contributed by atoms with Crippen LogP contribution in [0.5, 0.6) is 0 Å². The first-order chi connectivity index (χ1) is 7.19. The molecule has 1 aliphatic rings. The summed E-state index contributed by atoms with van der Waals surface area (Å²) >= 11 is 0. The van der Waals surface area contributed by atoms with E-state index in [9.17, 15) is 4.79 Å². The van der Waals surface area contributed by atoms with Gasteiger partial charge in [-0.2, -0.15) is 0 Å². The molecule has 1 saturated carbocycles. The van der Waals surface area contributed by atoms with Crippen molar-refractivity contribution in [1.82, 2.24) is 0 Å². The Morgan fingerprint density at radius 2 is 2.00 bits per heavy atom. The minimum atomic E-state index is 0.00264. The fraction of sp³-hybridized carbons (Fsp3) is 0.923. The molecule has 1 fully saturated rings. The molecule has 0 amide bonds. The Hall–Kier alpha value is -0.530. The van der Waals surface area contributed by atoms with Crippen molar-refractivity contribution >= 4 is 5.97 Å². The molecule has 0 radical (unpaired) electrons. The second-order valence-corrected chi connectivity index (χ2v) is 4.74. The van der Waals surface area contributed by atoms with Gasteiger partial charge in [-0.15, -0.1) is 0 Å². The molecule has 0 aliphatic heterocycles. The summed E-state index contributed by atoms with van der Waals surface area (Å²) in [5.74, 6) is 0.666. The molecular weight excluding hydrogens is 188 g/mol. The van der Waals surface area contributed by atoms with Gasteiger partial charge in [-0.05, 0) is 38.0 Å². The van der Waals surface area contributed by atoms with Gasteiger partial charge in [-0.25, -0.2) is 0 Å². The Morgan fingerprint density at radius 3 is 2.60 bits per heavy atom. The van der Waals surface area contributed by atoms with Gasteiger partial charge in [0.2, 0.25) is 0 Å². The van der Waals surface area contributed by atoms with E-state index >= 15 is 0 Å². The van der Waals surface area contributed by atoms with Crippen molar-refractivity contribution in [2.24, 2.45) is 11.8 Å². The molecule has 15 heavy (non-hydrogen) atoms. The van der Waals surface area contributed by atoms with Crippen LogP contribution in [0.3, 0.4) is 0 Å². The van der Waals surface area contributed by atoms with Crippen molar-refractivity contribution in [1.29, 1.82) is 0 Å². The maximum absolute atomic E-state index is 11.7. The van der Waals surface area contributed by atoms with Crippen molar-refractivity contribution in [3.8, 4) is 0 Å². The van der Waals surface area contributed by atoms with Crippen LogP contribution in [0.2, 0.25) is 0 Å². The van der Waals surface area contributed by atoms with Gasteiger partial charge in [0.05, 0.1) is 5.92 Å². The van der Waals surface area contributed by atoms with Crippen LogP contribution in [-0.2, 0) is 9.53 Å². The molecule has 0 N–H and O–H groups in total. The fourth-order valence-electron chi connectivity index (χ4n) is 2.23. The first-order valence-corrected chi connectivity index (χ1v) is 6.39. The van der Waals surface area contributed by atoms with E-state index in [0.29, 0.717) is 5.92 Å². The van der Waals surface area contributed by atoms with Gasteiger partial charge in [0.25, 0.3) is 0 Å². The highest BCUT2D eigenvalue weighted by atomic mass is 16.5. The minimum Gasteiger partial charge on any atom is -0.462 e. The third-order valence-electron chi connectivity index (χ3n) is 3.65. The Morgan fingerprint density at radius 1 is 1.33 bits per heavy atom. The van der Waals surface area contributed by atoms with Crippen LogP contribution in [0.15, 0.2) is 0 Å². The summed E-state index contributed by atoms with van der Waals surface area (Å²) in [5.41, 5.74) is 0. The molecule has 0 saturated heterocycles. The zero-order valence-electron chi connectivity index (χ0n) is 10.3. The Balaban J connectivity index is 2.44. The van der Waals surface area contributed by atoms with Crippen molar-refractivity contribution in [2.75, 3.05) is 0 Å². The second kappa shape index (κ2) is 6.14. The highest BCUT2D eigenvalue weighted by Gasteiger charge is 2.27. The van der Waals surface area contributed by atoms with Gasteiger partial charge >= 0.3 is 5.97 Å². The number of ether oxygens (including phenoxy) is 1. The number of hydrogen-bond acceptors (Lipinski definition) is 2. The summed E-state index contributed by atoms with van der Waals surface area (Å²) in [6.45, 7) is 6.18. The third-order valence-corrected chi connectivity index (χ3v) is 3.65. The van der Waals surface area contributed by atoms with Crippen LogP contribution in [0.25, 0.3) is 0 Å². The zero-order valence-corrected chi connectivity index (χ0v) is 10.3. The third kappa shape index (κ3) is 3.51. The van der Waals surface area contributed by atoms with E-state index in [-0.39, 0.29) is 18.0 Å². The van der Waals surface area contributed by atoms with Crippen molar-refractivity contribution in [3.63, 3.8) is 0 Å². The molecule has 0 heterocycles. The quantitative estimate of drug-likeness (QED) is 0.666. The second-order valence-electron chi connectivity index (χ2n) is 4.74. The highest BCUT2D eigenvalue weighted by Crippen LogP contribution is 2.29. The van der Waals surface area contributed by atoms with E-state index in [4.69, 9.17) is 4.74 Å². The lowest BCUT2D eigenvalue weighted by Gasteiger charge is -2.31. The number of carbonyl (C=O) groups is 1. The van der Waals surface area contributed by atoms with Gasteiger partial charge in [0.15, 0.2) is 0 Å². The van der Waals surface area contributed by atoms with Gasteiger partial charge in [-0.1, -0.05) is 27.2 Å². The molecule has 88 valence electrons. The first kappa shape index (κ1) is 12.5. The Bertz CT molecular complexity index is 201. The molecule has 1 aliphatic carbocycles. The van der Waals surface area contributed by atoms with E-state index in [2.05, 4.69) is 6.92 Å². The predicted molar refractivity (Wildman–Crippen MR) is 61.6 cm³/mol. The summed E-state index contributed by atoms with van der Waals surface area (Å²) in [6.07, 6.45) is 7.03. The molecule has 2 nitrogen and oxygen atoms in total. The van der Waals surface area contributed by atoms with E-state index in [1.54, 1.807) is 0 Å². The van der Waals surface area contributed by atoms with E-state index in [1.807, 2.05) is 13.8 Å². The normalized spacial score (nSPS) is 28.5. The summed E-state index contributed by atoms with van der Waals surface area (Å²) in [4.78, 5) is 11.7. The van der Waals surface area contributed by atoms with E-state index in [1.165, 1.54) is 19.3 Å².